The van der Waals surface area contributed by atoms with Gasteiger partial charge in [-0.05, 0) is 17.7 Å². The van der Waals surface area contributed by atoms with Crippen molar-refractivity contribution in [2.24, 2.45) is 5.73 Å². The van der Waals surface area contributed by atoms with Crippen LogP contribution < -0.4 is 5.73 Å². The van der Waals surface area contributed by atoms with E-state index in [1.54, 1.807) is 0 Å². The van der Waals surface area contributed by atoms with Gasteiger partial charge in [0.25, 0.3) is 0 Å². The summed E-state index contributed by atoms with van der Waals surface area (Å²) in [5, 5.41) is 8.58. The molecule has 0 aliphatic carbocycles. The van der Waals surface area contributed by atoms with Crippen LogP contribution in [0.5, 0.6) is 0 Å². The third-order valence-corrected chi connectivity index (χ3v) is 1.63. The lowest BCUT2D eigenvalue weighted by Gasteiger charge is -2.08. The van der Waals surface area contributed by atoms with Crippen molar-refractivity contribution in [3.63, 3.8) is 0 Å². The number of hydrogen-bond acceptors (Lipinski definition) is 2. The maximum Gasteiger partial charge on any atom is 0.194 e. The second kappa shape index (κ2) is 5.19. The Balaban J connectivity index is 0.00000169. The highest BCUT2D eigenvalue weighted by Crippen LogP contribution is 2.17. The van der Waals surface area contributed by atoms with Gasteiger partial charge in [-0.3, -0.25) is 0 Å². The fourth-order valence-electron chi connectivity index (χ4n) is 0.895. The zero-order valence-electron chi connectivity index (χ0n) is 7.01. The topological polar surface area (TPSA) is 46.2 Å². The molecular weight excluding hydrogens is 219 g/mol. The number of rotatable bonds is 2. The van der Waals surface area contributed by atoms with E-state index in [0.717, 1.165) is 12.1 Å². The summed E-state index contributed by atoms with van der Waals surface area (Å²) in [7, 11) is 0. The van der Waals surface area contributed by atoms with E-state index in [-0.39, 0.29) is 18.0 Å². The lowest BCUT2D eigenvalue weighted by molar-refractivity contribution is 0.267. The second-order valence-corrected chi connectivity index (χ2v) is 2.59. The van der Waals surface area contributed by atoms with E-state index in [0.29, 0.717) is 0 Å². The summed E-state index contributed by atoms with van der Waals surface area (Å²) in [4.78, 5) is 0. The van der Waals surface area contributed by atoms with Gasteiger partial charge < -0.3 is 10.8 Å². The molecule has 6 heteroatoms. The molecule has 0 saturated heterocycles. The maximum atomic E-state index is 12.6. The molecule has 1 aromatic rings. The Labute approximate surface area is 84.9 Å². The molecule has 3 N–H and O–H groups in total. The van der Waals surface area contributed by atoms with Gasteiger partial charge in [0.15, 0.2) is 17.5 Å². The Kier molecular flexibility index (Phi) is 4.90. The van der Waals surface area contributed by atoms with E-state index in [4.69, 9.17) is 10.8 Å². The van der Waals surface area contributed by atoms with Gasteiger partial charge in [0.2, 0.25) is 0 Å². The zero-order chi connectivity index (χ0) is 10.0. The van der Waals surface area contributed by atoms with Crippen LogP contribution in [0, 0.1) is 17.5 Å². The predicted molar refractivity (Wildman–Crippen MR) is 47.6 cm³/mol. The number of benzene rings is 1. The molecular formula is C8H9ClF3NO. The van der Waals surface area contributed by atoms with E-state index in [9.17, 15) is 13.2 Å². The van der Waals surface area contributed by atoms with Crippen molar-refractivity contribution < 1.29 is 18.3 Å². The van der Waals surface area contributed by atoms with Gasteiger partial charge in [0, 0.05) is 0 Å². The lowest BCUT2D eigenvalue weighted by Crippen LogP contribution is -2.15. The molecule has 0 fully saturated rings. The van der Waals surface area contributed by atoms with Crippen LogP contribution in [-0.4, -0.2) is 11.7 Å². The molecule has 1 rings (SSSR count). The third-order valence-electron chi connectivity index (χ3n) is 1.63. The Morgan fingerprint density at radius 2 is 1.64 bits per heavy atom. The summed E-state index contributed by atoms with van der Waals surface area (Å²) in [5.74, 6) is -4.15. The van der Waals surface area contributed by atoms with Crippen molar-refractivity contribution >= 4 is 12.4 Å². The molecule has 0 amide bonds. The largest absolute Gasteiger partial charge is 0.394 e. The Bertz CT molecular complexity index is 298. The molecule has 14 heavy (non-hydrogen) atoms. The molecule has 1 unspecified atom stereocenters. The van der Waals surface area contributed by atoms with Gasteiger partial charge in [0.05, 0.1) is 12.6 Å². The minimum absolute atomic E-state index is 0. The van der Waals surface area contributed by atoms with Crippen LogP contribution in [0.25, 0.3) is 0 Å². The van der Waals surface area contributed by atoms with E-state index in [1.807, 2.05) is 0 Å². The predicted octanol–water partition coefficient (Wildman–Crippen LogP) is 1.52. The molecule has 0 aromatic heterocycles. The average Bonchev–Trinajstić information content (AvgIpc) is 2.12. The molecule has 0 saturated carbocycles. The van der Waals surface area contributed by atoms with E-state index in [1.165, 1.54) is 0 Å². The zero-order valence-corrected chi connectivity index (χ0v) is 7.82. The monoisotopic (exact) mass is 227 g/mol. The molecule has 0 heterocycles. The number of aliphatic hydroxyl groups excluding tert-OH is 1. The van der Waals surface area contributed by atoms with Gasteiger partial charge >= 0.3 is 0 Å². The standard InChI is InChI=1S/C8H8F3NO.ClH/c9-5-1-4(7(12)3-13)2-6(10)8(5)11;/h1-2,7,13H,3,12H2;1H. The first-order chi connectivity index (χ1) is 6.06. The van der Waals surface area contributed by atoms with E-state index >= 15 is 0 Å². The molecule has 0 radical (unpaired) electrons. The first kappa shape index (κ1) is 13.2. The lowest BCUT2D eigenvalue weighted by atomic mass is 10.1. The van der Waals surface area contributed by atoms with Crippen LogP contribution in [0.4, 0.5) is 13.2 Å². The highest BCUT2D eigenvalue weighted by Gasteiger charge is 2.13. The van der Waals surface area contributed by atoms with Crippen molar-refractivity contribution in [2.45, 2.75) is 6.04 Å². The Morgan fingerprint density at radius 3 is 2.00 bits per heavy atom. The number of hydrogen-bond donors (Lipinski definition) is 2. The molecule has 0 aliphatic heterocycles. The Hall–Kier alpha value is -0.780. The van der Waals surface area contributed by atoms with Crippen LogP contribution in [0.15, 0.2) is 12.1 Å². The molecule has 2 nitrogen and oxygen atoms in total. The van der Waals surface area contributed by atoms with Crippen LogP contribution >= 0.6 is 12.4 Å². The minimum atomic E-state index is -1.53. The van der Waals surface area contributed by atoms with Gasteiger partial charge in [-0.15, -0.1) is 12.4 Å². The first-order valence-electron chi connectivity index (χ1n) is 3.57. The summed E-state index contributed by atoms with van der Waals surface area (Å²) in [5.41, 5.74) is 5.30. The third kappa shape index (κ3) is 2.60. The van der Waals surface area contributed by atoms with Crippen molar-refractivity contribution in [3.8, 4) is 0 Å². The molecule has 0 bridgehead atoms. The highest BCUT2D eigenvalue weighted by molar-refractivity contribution is 5.85. The fraction of sp³-hybridized carbons (Fsp3) is 0.250. The Morgan fingerprint density at radius 1 is 1.21 bits per heavy atom. The molecule has 0 aliphatic rings. The quantitative estimate of drug-likeness (QED) is 0.753. The molecule has 1 aromatic carbocycles. The van der Waals surface area contributed by atoms with Crippen molar-refractivity contribution in [1.82, 2.24) is 0 Å². The van der Waals surface area contributed by atoms with Crippen LogP contribution in [0.3, 0.4) is 0 Å². The first-order valence-corrected chi connectivity index (χ1v) is 3.57. The van der Waals surface area contributed by atoms with Crippen LogP contribution in [0.1, 0.15) is 11.6 Å². The van der Waals surface area contributed by atoms with E-state index in [2.05, 4.69) is 0 Å². The molecule has 1 atom stereocenters. The van der Waals surface area contributed by atoms with E-state index < -0.39 is 30.1 Å². The van der Waals surface area contributed by atoms with Gasteiger partial charge in [-0.2, -0.15) is 0 Å². The minimum Gasteiger partial charge on any atom is -0.394 e. The summed E-state index contributed by atoms with van der Waals surface area (Å²) in [6.07, 6.45) is 0. The van der Waals surface area contributed by atoms with Gasteiger partial charge in [-0.1, -0.05) is 0 Å². The maximum absolute atomic E-state index is 12.6. The number of halogens is 4. The van der Waals surface area contributed by atoms with Crippen molar-refractivity contribution in [1.29, 1.82) is 0 Å². The van der Waals surface area contributed by atoms with Gasteiger partial charge in [-0.25, -0.2) is 13.2 Å². The fourth-order valence-corrected chi connectivity index (χ4v) is 0.895. The SMILES string of the molecule is Cl.NC(CO)c1cc(F)c(F)c(F)c1. The summed E-state index contributed by atoms with van der Waals surface area (Å²) < 4.78 is 37.6. The molecule has 80 valence electrons. The van der Waals surface area contributed by atoms with Crippen LogP contribution in [0.2, 0.25) is 0 Å². The smallest absolute Gasteiger partial charge is 0.194 e. The highest BCUT2D eigenvalue weighted by atomic mass is 35.5. The van der Waals surface area contributed by atoms with Crippen molar-refractivity contribution in [3.05, 3.63) is 35.1 Å². The molecule has 0 spiro atoms. The second-order valence-electron chi connectivity index (χ2n) is 2.59. The van der Waals surface area contributed by atoms with Gasteiger partial charge in [0.1, 0.15) is 0 Å². The summed E-state index contributed by atoms with van der Waals surface area (Å²) in [6.45, 7) is -0.454. The summed E-state index contributed by atoms with van der Waals surface area (Å²) >= 11 is 0. The van der Waals surface area contributed by atoms with Crippen LogP contribution in [-0.2, 0) is 0 Å². The summed E-state index contributed by atoms with van der Waals surface area (Å²) in [6, 6.07) is 0.628. The normalized spacial score (nSPS) is 12.1. The number of nitrogens with two attached hydrogens (primary N) is 1. The average molecular weight is 228 g/mol. The number of aliphatic hydroxyl groups is 1. The van der Waals surface area contributed by atoms with Crippen molar-refractivity contribution in [2.75, 3.05) is 6.61 Å².